The first-order valence-corrected chi connectivity index (χ1v) is 11.7. The molecule has 0 radical (unpaired) electrons. The van der Waals surface area contributed by atoms with Crippen LogP contribution in [0.15, 0.2) is 121 Å². The van der Waals surface area contributed by atoms with Crippen LogP contribution in [0.5, 0.6) is 0 Å². The third-order valence-corrected chi connectivity index (χ3v) is 6.89. The molecular weight excluding hydrogens is 412 g/mol. The van der Waals surface area contributed by atoms with Crippen LogP contribution in [0, 0.1) is 0 Å². The van der Waals surface area contributed by atoms with E-state index in [-0.39, 0.29) is 5.78 Å². The summed E-state index contributed by atoms with van der Waals surface area (Å²) in [4.78, 5) is 17.4. The highest BCUT2D eigenvalue weighted by atomic mass is 32.2. The second kappa shape index (κ2) is 11.1. The van der Waals surface area contributed by atoms with Crippen molar-refractivity contribution in [2.24, 2.45) is 0 Å². The monoisotopic (exact) mass is 434 g/mol. The fraction of sp³-hybridized carbons (Fsp3) is 0.0800. The first-order valence-electron chi connectivity index (χ1n) is 9.23. The number of carbonyl (C=O) groups excluding carboxylic acids is 1. The van der Waals surface area contributed by atoms with Crippen LogP contribution < -0.4 is 0 Å². The Labute approximate surface area is 185 Å². The lowest BCUT2D eigenvalue weighted by Crippen LogP contribution is -1.90. The van der Waals surface area contributed by atoms with E-state index in [1.165, 1.54) is 19.6 Å². The molecule has 29 heavy (non-hydrogen) atoms. The number of thioether (sulfide) groups is 1. The van der Waals surface area contributed by atoms with Gasteiger partial charge in [-0.3, -0.25) is 4.79 Å². The predicted octanol–water partition coefficient (Wildman–Crippen LogP) is 8.37. The molecule has 0 aliphatic heterocycles. The first-order chi connectivity index (χ1) is 14.1. The zero-order valence-electron chi connectivity index (χ0n) is 16.2. The highest BCUT2D eigenvalue weighted by Crippen LogP contribution is 2.33. The molecular formula is C25H22OS3. The van der Waals surface area contributed by atoms with Gasteiger partial charge >= 0.3 is 0 Å². The molecule has 1 nitrogen and oxygen atoms in total. The Balaban J connectivity index is 1.56. The van der Waals surface area contributed by atoms with Crippen molar-refractivity contribution in [1.82, 2.24) is 0 Å². The van der Waals surface area contributed by atoms with E-state index in [4.69, 9.17) is 0 Å². The number of carbonyl (C=O) groups is 1. The molecule has 0 N–H and O–H groups in total. The van der Waals surface area contributed by atoms with Gasteiger partial charge in [0.25, 0.3) is 0 Å². The summed E-state index contributed by atoms with van der Waals surface area (Å²) in [5, 5.41) is 2.11. The third-order valence-electron chi connectivity index (χ3n) is 3.98. The van der Waals surface area contributed by atoms with Gasteiger partial charge in [0, 0.05) is 30.0 Å². The standard InChI is InChI=1S/C25H22OS3/c1-3-4-5-18-27-21-10-12-23(13-11-21)29-25-16-14-24(15-17-25)28-22-8-6-20(7-9-22)19(2)26/h3,5-18H,1,4H2,2H3/b18-5+. The first kappa shape index (κ1) is 21.6. The molecule has 4 heteroatoms. The number of rotatable bonds is 9. The van der Waals surface area contributed by atoms with Crippen molar-refractivity contribution >= 4 is 41.1 Å². The molecule has 3 rings (SSSR count). The maximum atomic E-state index is 11.4. The van der Waals surface area contributed by atoms with Gasteiger partial charge in [0.05, 0.1) is 0 Å². The normalized spacial score (nSPS) is 10.9. The topological polar surface area (TPSA) is 17.1 Å². The van der Waals surface area contributed by atoms with E-state index in [2.05, 4.69) is 66.6 Å². The third kappa shape index (κ3) is 7.00. The second-order valence-corrected chi connectivity index (χ2v) is 9.51. The Kier molecular flexibility index (Phi) is 8.29. The summed E-state index contributed by atoms with van der Waals surface area (Å²) in [6.45, 7) is 5.31. The van der Waals surface area contributed by atoms with Crippen LogP contribution in [0.1, 0.15) is 23.7 Å². The van der Waals surface area contributed by atoms with Crippen molar-refractivity contribution in [2.45, 2.75) is 37.8 Å². The molecule has 0 spiro atoms. The average molecular weight is 435 g/mol. The van der Waals surface area contributed by atoms with Gasteiger partial charge in [-0.1, -0.05) is 59.6 Å². The smallest absolute Gasteiger partial charge is 0.159 e. The van der Waals surface area contributed by atoms with Crippen molar-refractivity contribution < 1.29 is 4.79 Å². The summed E-state index contributed by atoms with van der Waals surface area (Å²) < 4.78 is 0. The van der Waals surface area contributed by atoms with Gasteiger partial charge in [-0.05, 0) is 79.4 Å². The Morgan fingerprint density at radius 2 is 1.17 bits per heavy atom. The van der Waals surface area contributed by atoms with Crippen LogP contribution >= 0.6 is 35.3 Å². The molecule has 3 aromatic carbocycles. The Morgan fingerprint density at radius 1 is 0.759 bits per heavy atom. The van der Waals surface area contributed by atoms with Crippen LogP contribution in [0.2, 0.25) is 0 Å². The van der Waals surface area contributed by atoms with Gasteiger partial charge in [-0.15, -0.1) is 6.58 Å². The lowest BCUT2D eigenvalue weighted by Gasteiger charge is -2.06. The van der Waals surface area contributed by atoms with E-state index in [0.717, 1.165) is 16.9 Å². The summed E-state index contributed by atoms with van der Waals surface area (Å²) in [7, 11) is 0. The molecule has 0 aliphatic rings. The number of benzene rings is 3. The highest BCUT2D eigenvalue weighted by Gasteiger charge is 2.03. The van der Waals surface area contributed by atoms with Crippen molar-refractivity contribution in [2.75, 3.05) is 0 Å². The van der Waals surface area contributed by atoms with Gasteiger partial charge in [0.2, 0.25) is 0 Å². The van der Waals surface area contributed by atoms with Crippen LogP contribution in [0.4, 0.5) is 0 Å². The van der Waals surface area contributed by atoms with Gasteiger partial charge < -0.3 is 0 Å². The minimum absolute atomic E-state index is 0.0960. The molecule has 3 aromatic rings. The van der Waals surface area contributed by atoms with Gasteiger partial charge in [-0.2, -0.15) is 0 Å². The van der Waals surface area contributed by atoms with E-state index in [1.54, 1.807) is 42.2 Å². The predicted molar refractivity (Wildman–Crippen MR) is 127 cm³/mol. The zero-order valence-corrected chi connectivity index (χ0v) is 18.7. The molecule has 0 heterocycles. The molecule has 0 aromatic heterocycles. The van der Waals surface area contributed by atoms with Crippen LogP contribution in [-0.2, 0) is 0 Å². The van der Waals surface area contributed by atoms with Crippen molar-refractivity contribution in [3.63, 3.8) is 0 Å². The fourth-order valence-corrected chi connectivity index (χ4v) is 4.76. The molecule has 0 aliphatic carbocycles. The van der Waals surface area contributed by atoms with Crippen molar-refractivity contribution in [1.29, 1.82) is 0 Å². The Morgan fingerprint density at radius 3 is 1.59 bits per heavy atom. The number of hydrogen-bond acceptors (Lipinski definition) is 4. The minimum Gasteiger partial charge on any atom is -0.295 e. The number of ketones is 1. The average Bonchev–Trinajstić information content (AvgIpc) is 2.74. The summed E-state index contributed by atoms with van der Waals surface area (Å²) >= 11 is 5.18. The number of hydrogen-bond donors (Lipinski definition) is 0. The molecule has 0 unspecified atom stereocenters. The van der Waals surface area contributed by atoms with Crippen LogP contribution in [-0.4, -0.2) is 5.78 Å². The summed E-state index contributed by atoms with van der Waals surface area (Å²) in [5.74, 6) is 0.0960. The SMILES string of the molecule is C=CC/C=C/Sc1ccc(Sc2ccc(Sc3ccc(C(C)=O)cc3)cc2)cc1. The fourth-order valence-electron chi connectivity index (χ4n) is 2.47. The van der Waals surface area contributed by atoms with E-state index in [9.17, 15) is 4.79 Å². The Bertz CT molecular complexity index is 972. The van der Waals surface area contributed by atoms with Gasteiger partial charge in [0.15, 0.2) is 5.78 Å². The summed E-state index contributed by atoms with van der Waals surface area (Å²) in [6, 6.07) is 25.0. The lowest BCUT2D eigenvalue weighted by molar-refractivity contribution is 0.101. The highest BCUT2D eigenvalue weighted by molar-refractivity contribution is 8.02. The minimum atomic E-state index is 0.0960. The lowest BCUT2D eigenvalue weighted by atomic mass is 10.2. The van der Waals surface area contributed by atoms with Crippen molar-refractivity contribution in [3.8, 4) is 0 Å². The van der Waals surface area contributed by atoms with Crippen molar-refractivity contribution in [3.05, 3.63) is 102 Å². The Hall–Kier alpha value is -2.14. The van der Waals surface area contributed by atoms with Crippen LogP contribution in [0.25, 0.3) is 0 Å². The quantitative estimate of drug-likeness (QED) is 0.191. The molecule has 0 fully saturated rings. The van der Waals surface area contributed by atoms with E-state index in [0.29, 0.717) is 0 Å². The second-order valence-electron chi connectivity index (χ2n) is 6.24. The van der Waals surface area contributed by atoms with E-state index in [1.807, 2.05) is 30.3 Å². The number of allylic oxidation sites excluding steroid dienone is 2. The molecule has 0 amide bonds. The van der Waals surface area contributed by atoms with Gasteiger partial charge in [0.1, 0.15) is 0 Å². The molecule has 0 saturated heterocycles. The van der Waals surface area contributed by atoms with Gasteiger partial charge in [-0.25, -0.2) is 0 Å². The maximum absolute atomic E-state index is 11.4. The largest absolute Gasteiger partial charge is 0.295 e. The van der Waals surface area contributed by atoms with E-state index < -0.39 is 0 Å². The van der Waals surface area contributed by atoms with Crippen LogP contribution in [0.3, 0.4) is 0 Å². The molecule has 146 valence electrons. The molecule has 0 saturated carbocycles. The zero-order chi connectivity index (χ0) is 20.5. The number of Topliss-reactive ketones (excluding diaryl/α,β-unsaturated/α-hetero) is 1. The molecule has 0 atom stereocenters. The summed E-state index contributed by atoms with van der Waals surface area (Å²) in [6.07, 6.45) is 4.90. The van der Waals surface area contributed by atoms with E-state index >= 15 is 0 Å². The molecule has 0 bridgehead atoms. The maximum Gasteiger partial charge on any atom is 0.159 e. The summed E-state index contributed by atoms with van der Waals surface area (Å²) in [5.41, 5.74) is 0.748.